The Morgan fingerprint density at radius 3 is 2.38 bits per heavy atom. The summed E-state index contributed by atoms with van der Waals surface area (Å²) >= 11 is 1.73. The number of nitrogens with zero attached hydrogens (tertiary/aromatic N) is 2. The Labute approximate surface area is 159 Å². The zero-order valence-electron chi connectivity index (χ0n) is 15.4. The molecule has 26 heavy (non-hydrogen) atoms. The summed E-state index contributed by atoms with van der Waals surface area (Å²) in [5, 5.41) is 3.23. The molecule has 4 rings (SSSR count). The molecule has 1 saturated heterocycles. The van der Waals surface area contributed by atoms with E-state index in [-0.39, 0.29) is 6.03 Å². The molecule has 0 bridgehead atoms. The third-order valence-corrected chi connectivity index (χ3v) is 7.06. The average Bonchev–Trinajstić information content (AvgIpc) is 3.05. The van der Waals surface area contributed by atoms with Crippen LogP contribution >= 0.6 is 11.8 Å². The first-order valence-electron chi connectivity index (χ1n) is 9.40. The molecule has 2 aliphatic rings. The van der Waals surface area contributed by atoms with Gasteiger partial charge < -0.3 is 9.80 Å². The van der Waals surface area contributed by atoms with Gasteiger partial charge in [-0.15, -0.1) is 0 Å². The quantitative estimate of drug-likeness (QED) is 0.801. The summed E-state index contributed by atoms with van der Waals surface area (Å²) in [6, 6.07) is 16.7. The molecule has 1 fully saturated rings. The lowest BCUT2D eigenvalue weighted by molar-refractivity contribution is -0.918. The van der Waals surface area contributed by atoms with Gasteiger partial charge in [0.05, 0.1) is 38.1 Å². The fourth-order valence-corrected chi connectivity index (χ4v) is 5.19. The molecule has 2 atom stereocenters. The van der Waals surface area contributed by atoms with Crippen molar-refractivity contribution in [1.82, 2.24) is 5.32 Å². The van der Waals surface area contributed by atoms with Crippen molar-refractivity contribution in [2.75, 3.05) is 31.6 Å². The number of urea groups is 1. The highest BCUT2D eigenvalue weighted by Gasteiger charge is 2.37. The molecule has 0 aliphatic carbocycles. The van der Waals surface area contributed by atoms with Crippen LogP contribution in [0.15, 0.2) is 58.3 Å². The molecule has 0 aromatic heterocycles. The number of likely N-dealkylation sites (tertiary alicyclic amines) is 1. The first kappa shape index (κ1) is 17.4. The van der Waals surface area contributed by atoms with E-state index in [0.29, 0.717) is 6.04 Å². The third-order valence-electron chi connectivity index (χ3n) is 5.93. The Balaban J connectivity index is 1.58. The van der Waals surface area contributed by atoms with Crippen molar-refractivity contribution >= 4 is 29.2 Å². The maximum absolute atomic E-state index is 13.2. The number of nitrogens with one attached hydrogen (secondary N) is 1. The Hall–Kier alpha value is -1.98. The zero-order chi connectivity index (χ0) is 18.1. The summed E-state index contributed by atoms with van der Waals surface area (Å²) in [6.45, 7) is 5.31. The number of carbonyl (C=O) groups excluding carboxylic acids is 1. The summed E-state index contributed by atoms with van der Waals surface area (Å²) in [5.74, 6) is 0. The minimum Gasteiger partial charge on any atom is -0.331 e. The minimum atomic E-state index is -0.0280. The van der Waals surface area contributed by atoms with Gasteiger partial charge in [0, 0.05) is 22.6 Å². The predicted molar refractivity (Wildman–Crippen MR) is 107 cm³/mol. The minimum absolute atomic E-state index is 0.0280. The highest BCUT2D eigenvalue weighted by molar-refractivity contribution is 7.99. The van der Waals surface area contributed by atoms with Gasteiger partial charge in [0.15, 0.2) is 0 Å². The van der Waals surface area contributed by atoms with Gasteiger partial charge >= 0.3 is 6.03 Å². The Morgan fingerprint density at radius 1 is 1.15 bits per heavy atom. The highest BCUT2D eigenvalue weighted by atomic mass is 32.2. The van der Waals surface area contributed by atoms with Crippen LogP contribution in [0, 0.1) is 0 Å². The van der Waals surface area contributed by atoms with Gasteiger partial charge in [0.1, 0.15) is 6.04 Å². The molecule has 5 heteroatoms. The van der Waals surface area contributed by atoms with Gasteiger partial charge in [-0.3, -0.25) is 4.90 Å². The molecule has 2 aliphatic heterocycles. The van der Waals surface area contributed by atoms with Crippen molar-refractivity contribution in [3.8, 4) is 0 Å². The molecule has 2 unspecified atom stereocenters. The van der Waals surface area contributed by atoms with E-state index in [9.17, 15) is 4.79 Å². The summed E-state index contributed by atoms with van der Waals surface area (Å²) in [4.78, 5) is 17.3. The number of carbonyl (C=O) groups is 1. The van der Waals surface area contributed by atoms with E-state index in [2.05, 4.69) is 31.4 Å². The van der Waals surface area contributed by atoms with Crippen molar-refractivity contribution in [2.24, 2.45) is 0 Å². The van der Waals surface area contributed by atoms with Gasteiger partial charge in [-0.1, -0.05) is 36.0 Å². The molecule has 1 N–H and O–H groups in total. The first-order valence-corrected chi connectivity index (χ1v) is 10.2. The number of hydrogen-bond acceptors (Lipinski definition) is 2. The average molecular weight is 369 g/mol. The van der Waals surface area contributed by atoms with Crippen LogP contribution in [-0.2, 0) is 0 Å². The Morgan fingerprint density at radius 2 is 1.77 bits per heavy atom. The van der Waals surface area contributed by atoms with E-state index >= 15 is 0 Å². The molecule has 2 aromatic rings. The number of amides is 2. The number of benzene rings is 2. The molecule has 4 nitrogen and oxygen atoms in total. The smallest absolute Gasteiger partial charge is 0.326 e. The second-order valence-corrected chi connectivity index (χ2v) is 8.46. The van der Waals surface area contributed by atoms with Crippen LogP contribution in [-0.4, -0.2) is 43.2 Å². The molecular formula is C21H26N3OS+. The van der Waals surface area contributed by atoms with E-state index in [4.69, 9.17) is 0 Å². The number of para-hydroxylation sites is 2. The van der Waals surface area contributed by atoms with Crippen molar-refractivity contribution in [3.63, 3.8) is 0 Å². The Kier molecular flexibility index (Phi) is 4.67. The van der Waals surface area contributed by atoms with Crippen LogP contribution in [0.5, 0.6) is 0 Å². The fraction of sp³-hybridized carbons (Fsp3) is 0.381. The van der Waals surface area contributed by atoms with Crippen molar-refractivity contribution in [1.29, 1.82) is 0 Å². The third kappa shape index (κ3) is 2.99. The maximum Gasteiger partial charge on any atom is 0.326 e. The van der Waals surface area contributed by atoms with Crippen LogP contribution in [0.25, 0.3) is 0 Å². The summed E-state index contributed by atoms with van der Waals surface area (Å²) < 4.78 is 1.06. The monoisotopic (exact) mass is 368 g/mol. The largest absolute Gasteiger partial charge is 0.331 e. The summed E-state index contributed by atoms with van der Waals surface area (Å²) in [7, 11) is 2.31. The van der Waals surface area contributed by atoms with Crippen LogP contribution in [0.4, 0.5) is 16.2 Å². The molecular weight excluding hydrogens is 342 g/mol. The number of fused-ring (bicyclic) bond motifs is 2. The standard InChI is InChI=1S/C21H25N3OS/c1-3-24(2)14-8-9-16(24)15-22-21(25)23-17-10-4-6-12-19(17)26-20-13-7-5-11-18(20)23/h4-7,10-13,16H,3,8-9,14-15H2,1-2H3/p+1. The fourth-order valence-electron chi connectivity index (χ4n) is 4.13. The van der Waals surface area contributed by atoms with E-state index in [1.807, 2.05) is 41.3 Å². The first-order chi connectivity index (χ1) is 12.6. The lowest BCUT2D eigenvalue weighted by atomic mass is 10.2. The lowest BCUT2D eigenvalue weighted by Crippen LogP contribution is -2.53. The second kappa shape index (κ2) is 6.97. The lowest BCUT2D eigenvalue weighted by Gasteiger charge is -2.36. The van der Waals surface area contributed by atoms with Crippen LogP contribution in [0.1, 0.15) is 19.8 Å². The Bertz CT molecular complexity index is 779. The summed E-state index contributed by atoms with van der Waals surface area (Å²) in [6.07, 6.45) is 2.44. The van der Waals surface area contributed by atoms with Gasteiger partial charge in [-0.05, 0) is 31.2 Å². The molecule has 2 heterocycles. The SMILES string of the molecule is CC[N+]1(C)CCCC1CNC(=O)N1c2ccccc2Sc2ccccc21. The van der Waals surface area contributed by atoms with Crippen molar-refractivity contribution in [2.45, 2.75) is 35.6 Å². The van der Waals surface area contributed by atoms with E-state index in [1.165, 1.54) is 19.4 Å². The number of likely N-dealkylation sites (N-methyl/N-ethyl adjacent to an activating group) is 1. The van der Waals surface area contributed by atoms with Crippen LogP contribution in [0.2, 0.25) is 0 Å². The number of rotatable bonds is 3. The van der Waals surface area contributed by atoms with Crippen molar-refractivity contribution in [3.05, 3.63) is 48.5 Å². The number of anilines is 2. The predicted octanol–water partition coefficient (Wildman–Crippen LogP) is 4.63. The topological polar surface area (TPSA) is 32.3 Å². The van der Waals surface area contributed by atoms with Gasteiger partial charge in [0.2, 0.25) is 0 Å². The van der Waals surface area contributed by atoms with E-state index in [1.54, 1.807) is 11.8 Å². The van der Waals surface area contributed by atoms with Crippen LogP contribution < -0.4 is 10.2 Å². The molecule has 0 spiro atoms. The van der Waals surface area contributed by atoms with Gasteiger partial charge in [-0.25, -0.2) is 4.79 Å². The summed E-state index contributed by atoms with van der Waals surface area (Å²) in [5.41, 5.74) is 1.93. The van der Waals surface area contributed by atoms with Crippen LogP contribution in [0.3, 0.4) is 0 Å². The second-order valence-electron chi connectivity index (χ2n) is 7.37. The van der Waals surface area contributed by atoms with Gasteiger partial charge in [-0.2, -0.15) is 0 Å². The number of quaternary nitrogens is 1. The normalized spacial score (nSPS) is 24.1. The molecule has 2 amide bonds. The molecule has 2 aromatic carbocycles. The van der Waals surface area contributed by atoms with Gasteiger partial charge in [0.25, 0.3) is 0 Å². The van der Waals surface area contributed by atoms with E-state index < -0.39 is 0 Å². The number of hydrogen-bond donors (Lipinski definition) is 1. The molecule has 0 saturated carbocycles. The zero-order valence-corrected chi connectivity index (χ0v) is 16.3. The molecule has 136 valence electrons. The van der Waals surface area contributed by atoms with Crippen molar-refractivity contribution < 1.29 is 9.28 Å². The maximum atomic E-state index is 13.2. The highest BCUT2D eigenvalue weighted by Crippen LogP contribution is 2.47. The molecule has 0 radical (unpaired) electrons. The van der Waals surface area contributed by atoms with E-state index in [0.717, 1.165) is 38.7 Å².